The summed E-state index contributed by atoms with van der Waals surface area (Å²) in [5.74, 6) is 1.03. The number of H-pyrrole nitrogens is 1. The van der Waals surface area contributed by atoms with Crippen LogP contribution in [0.2, 0.25) is 0 Å². The van der Waals surface area contributed by atoms with Gasteiger partial charge in [-0.05, 0) is 29.6 Å². The number of aromatic amines is 1. The van der Waals surface area contributed by atoms with Crippen molar-refractivity contribution >= 4 is 39.9 Å². The molecule has 0 saturated heterocycles. The Kier molecular flexibility index (Phi) is 4.71. The van der Waals surface area contributed by atoms with Gasteiger partial charge >= 0.3 is 0 Å². The first kappa shape index (κ1) is 17.6. The fraction of sp³-hybridized carbons (Fsp3) is 0.174. The van der Waals surface area contributed by atoms with Crippen LogP contribution in [-0.2, 0) is 18.7 Å². The predicted octanol–water partition coefficient (Wildman–Crippen LogP) is 5.72. The number of nitrogens with zero attached hydrogens (tertiary/aromatic N) is 1. The molecule has 0 fully saturated rings. The number of aromatic nitrogens is 1. The summed E-state index contributed by atoms with van der Waals surface area (Å²) in [6.07, 6.45) is 0.875. The van der Waals surface area contributed by atoms with Crippen LogP contribution >= 0.6 is 23.1 Å². The lowest BCUT2D eigenvalue weighted by molar-refractivity contribution is 0.0731. The van der Waals surface area contributed by atoms with E-state index in [0.717, 1.165) is 34.7 Å². The van der Waals surface area contributed by atoms with Crippen molar-refractivity contribution in [1.29, 1.82) is 0 Å². The molecule has 5 heteroatoms. The number of carbonyl (C=O) groups excluding carboxylic acids is 1. The fourth-order valence-corrected chi connectivity index (χ4v) is 5.64. The fourth-order valence-electron chi connectivity index (χ4n) is 3.82. The molecule has 3 nitrogen and oxygen atoms in total. The number of benzene rings is 2. The van der Waals surface area contributed by atoms with E-state index in [9.17, 15) is 4.79 Å². The maximum Gasteiger partial charge on any atom is 0.255 e. The van der Waals surface area contributed by atoms with Gasteiger partial charge in [0.1, 0.15) is 0 Å². The normalized spacial score (nSPS) is 13.6. The molecule has 1 aliphatic rings. The molecule has 0 unspecified atom stereocenters. The molecule has 1 amide bonds. The highest BCUT2D eigenvalue weighted by atomic mass is 32.2. The van der Waals surface area contributed by atoms with Crippen molar-refractivity contribution in [3.8, 4) is 0 Å². The maximum atomic E-state index is 13.4. The third-order valence-electron chi connectivity index (χ3n) is 5.24. The molecular formula is C23H20N2OS2. The smallest absolute Gasteiger partial charge is 0.255 e. The first-order valence-corrected chi connectivity index (χ1v) is 11.3. The van der Waals surface area contributed by atoms with Gasteiger partial charge in [0.25, 0.3) is 5.91 Å². The third-order valence-corrected chi connectivity index (χ3v) is 7.42. The van der Waals surface area contributed by atoms with Gasteiger partial charge in [-0.3, -0.25) is 4.79 Å². The summed E-state index contributed by atoms with van der Waals surface area (Å²) in [7, 11) is 0. The van der Waals surface area contributed by atoms with Crippen LogP contribution < -0.4 is 0 Å². The minimum Gasteiger partial charge on any atom is -0.358 e. The van der Waals surface area contributed by atoms with Gasteiger partial charge in [0, 0.05) is 57.2 Å². The number of nitrogens with one attached hydrogen (secondary N) is 1. The van der Waals surface area contributed by atoms with Crippen LogP contribution in [0.1, 0.15) is 26.5 Å². The van der Waals surface area contributed by atoms with E-state index in [1.807, 2.05) is 29.2 Å². The summed E-state index contributed by atoms with van der Waals surface area (Å²) in [5, 5.41) is 3.33. The van der Waals surface area contributed by atoms with Gasteiger partial charge in [-0.1, -0.05) is 36.4 Å². The second-order valence-electron chi connectivity index (χ2n) is 6.97. The van der Waals surface area contributed by atoms with Gasteiger partial charge in [-0.15, -0.1) is 23.1 Å². The molecule has 5 rings (SSSR count). The lowest BCUT2D eigenvalue weighted by Gasteiger charge is -2.28. The van der Waals surface area contributed by atoms with Crippen LogP contribution in [0.25, 0.3) is 10.9 Å². The van der Waals surface area contributed by atoms with Crippen LogP contribution in [-0.4, -0.2) is 22.3 Å². The zero-order valence-corrected chi connectivity index (χ0v) is 17.0. The van der Waals surface area contributed by atoms with Crippen LogP contribution in [0, 0.1) is 0 Å². The van der Waals surface area contributed by atoms with E-state index in [-0.39, 0.29) is 5.91 Å². The van der Waals surface area contributed by atoms with Crippen molar-refractivity contribution in [3.05, 3.63) is 87.7 Å². The van der Waals surface area contributed by atoms with Gasteiger partial charge in [-0.25, -0.2) is 0 Å². The minimum atomic E-state index is 0.130. The molecule has 0 aliphatic carbocycles. The molecule has 2 aromatic heterocycles. The Hall–Kier alpha value is -2.50. The zero-order chi connectivity index (χ0) is 18.9. The Morgan fingerprint density at radius 2 is 1.93 bits per heavy atom. The Labute approximate surface area is 172 Å². The highest BCUT2D eigenvalue weighted by Crippen LogP contribution is 2.31. The van der Waals surface area contributed by atoms with Gasteiger partial charge in [-0.2, -0.15) is 0 Å². The number of hydrogen-bond donors (Lipinski definition) is 1. The second-order valence-corrected chi connectivity index (χ2v) is 9.02. The van der Waals surface area contributed by atoms with Crippen LogP contribution in [0.5, 0.6) is 0 Å². The van der Waals surface area contributed by atoms with E-state index < -0.39 is 0 Å². The number of thiophene rings is 1. The third kappa shape index (κ3) is 3.25. The summed E-state index contributed by atoms with van der Waals surface area (Å²) in [4.78, 5) is 21.3. The van der Waals surface area contributed by atoms with E-state index in [2.05, 4.69) is 46.8 Å². The lowest BCUT2D eigenvalue weighted by Crippen LogP contribution is -2.36. The molecule has 3 heterocycles. The van der Waals surface area contributed by atoms with Gasteiger partial charge in [0.05, 0.1) is 5.56 Å². The second kappa shape index (κ2) is 7.49. The molecule has 140 valence electrons. The highest BCUT2D eigenvalue weighted by molar-refractivity contribution is 7.98. The molecule has 1 N–H and O–H groups in total. The van der Waals surface area contributed by atoms with E-state index >= 15 is 0 Å². The first-order valence-electron chi connectivity index (χ1n) is 9.41. The number of hydrogen-bond acceptors (Lipinski definition) is 3. The van der Waals surface area contributed by atoms with Crippen LogP contribution in [0.4, 0.5) is 0 Å². The molecule has 0 spiro atoms. The number of thioether (sulfide) groups is 1. The molecule has 0 radical (unpaired) electrons. The molecule has 4 aromatic rings. The summed E-state index contributed by atoms with van der Waals surface area (Å²) in [6.45, 7) is 1.42. The zero-order valence-electron chi connectivity index (χ0n) is 15.4. The van der Waals surface area contributed by atoms with Crippen LogP contribution in [0.15, 0.2) is 70.9 Å². The summed E-state index contributed by atoms with van der Waals surface area (Å²) >= 11 is 3.50. The van der Waals surface area contributed by atoms with E-state index in [0.29, 0.717) is 6.54 Å². The topological polar surface area (TPSA) is 36.1 Å². The number of para-hydroxylation sites is 1. The standard InChI is InChI=1S/C23H20N2OS2/c26-23(18-8-2-4-10-22(18)28-15-16-6-5-13-27-16)25-12-11-21-19(14-25)17-7-1-3-9-20(17)24-21/h1-10,13,24H,11-12,14-15H2. The Morgan fingerprint density at radius 1 is 1.07 bits per heavy atom. The van der Waals surface area contributed by atoms with E-state index in [4.69, 9.17) is 0 Å². The van der Waals surface area contributed by atoms with Crippen molar-refractivity contribution in [2.75, 3.05) is 6.54 Å². The molecule has 28 heavy (non-hydrogen) atoms. The number of carbonyl (C=O) groups is 1. The van der Waals surface area contributed by atoms with Gasteiger partial charge in [0.2, 0.25) is 0 Å². The van der Waals surface area contributed by atoms with Crippen molar-refractivity contribution < 1.29 is 4.79 Å². The molecule has 0 bridgehead atoms. The van der Waals surface area contributed by atoms with Gasteiger partial charge < -0.3 is 9.88 Å². The molecule has 2 aromatic carbocycles. The maximum absolute atomic E-state index is 13.4. The van der Waals surface area contributed by atoms with Crippen molar-refractivity contribution in [2.45, 2.75) is 23.6 Å². The molecule has 0 saturated carbocycles. The largest absolute Gasteiger partial charge is 0.358 e. The summed E-state index contributed by atoms with van der Waals surface area (Å²) in [6, 6.07) is 20.6. The number of amides is 1. The Balaban J connectivity index is 1.40. The molecule has 1 aliphatic heterocycles. The monoisotopic (exact) mass is 404 g/mol. The number of rotatable bonds is 4. The summed E-state index contributed by atoms with van der Waals surface area (Å²) in [5.41, 5.74) is 4.51. The van der Waals surface area contributed by atoms with E-state index in [1.165, 1.54) is 21.5 Å². The highest BCUT2D eigenvalue weighted by Gasteiger charge is 2.26. The van der Waals surface area contributed by atoms with Gasteiger partial charge in [0.15, 0.2) is 0 Å². The van der Waals surface area contributed by atoms with Crippen molar-refractivity contribution in [1.82, 2.24) is 9.88 Å². The van der Waals surface area contributed by atoms with Crippen molar-refractivity contribution in [3.63, 3.8) is 0 Å². The SMILES string of the molecule is O=C(c1ccccc1SCc1cccs1)N1CCc2[nH]c3ccccc3c2C1. The number of fused-ring (bicyclic) bond motifs is 3. The average Bonchev–Trinajstić information content (AvgIpc) is 3.39. The first-order chi connectivity index (χ1) is 13.8. The molecular weight excluding hydrogens is 384 g/mol. The average molecular weight is 405 g/mol. The Bertz CT molecular complexity index is 1130. The minimum absolute atomic E-state index is 0.130. The lowest BCUT2D eigenvalue weighted by atomic mass is 10.0. The van der Waals surface area contributed by atoms with Crippen molar-refractivity contribution in [2.24, 2.45) is 0 Å². The molecule has 0 atom stereocenters. The quantitative estimate of drug-likeness (QED) is 0.442. The predicted molar refractivity (Wildman–Crippen MR) is 117 cm³/mol. The summed E-state index contributed by atoms with van der Waals surface area (Å²) < 4.78 is 0. The van der Waals surface area contributed by atoms with Crippen LogP contribution in [0.3, 0.4) is 0 Å². The van der Waals surface area contributed by atoms with E-state index in [1.54, 1.807) is 23.1 Å². The Morgan fingerprint density at radius 3 is 2.82 bits per heavy atom.